The molecule has 2 rings (SSSR count). The molecule has 1 unspecified atom stereocenters. The number of anilines is 1. The summed E-state index contributed by atoms with van der Waals surface area (Å²) in [5.74, 6) is -1.78. The molecule has 1 aliphatic heterocycles. The Bertz CT molecular complexity index is 439. The Hall–Kier alpha value is -1.52. The van der Waals surface area contributed by atoms with Crippen LogP contribution in [0.2, 0.25) is 0 Å². The summed E-state index contributed by atoms with van der Waals surface area (Å²) in [7, 11) is 0. The molecule has 0 amide bonds. The van der Waals surface area contributed by atoms with Crippen LogP contribution in [-0.2, 0) is 6.42 Å². The number of hydrogen-bond acceptors (Lipinski definition) is 2. The van der Waals surface area contributed by atoms with Gasteiger partial charge in [-0.3, -0.25) is 4.79 Å². The average molecular weight is 229 g/mol. The third kappa shape index (κ3) is 1.89. The first-order chi connectivity index (χ1) is 7.38. The van der Waals surface area contributed by atoms with Crippen LogP contribution in [0.25, 0.3) is 0 Å². The number of halogens is 3. The second-order valence-electron chi connectivity index (χ2n) is 3.95. The number of Topliss-reactive ketones (excluding diaryl/α,β-unsaturated/α-hetero) is 1. The lowest BCUT2D eigenvalue weighted by molar-refractivity contribution is -0.0885. The van der Waals surface area contributed by atoms with Crippen LogP contribution in [0, 0.1) is 0 Å². The predicted molar refractivity (Wildman–Crippen MR) is 53.6 cm³/mol. The normalized spacial score (nSPS) is 19.1. The summed E-state index contributed by atoms with van der Waals surface area (Å²) in [5.41, 5.74) is 1.29. The molecule has 5 heteroatoms. The molecular weight excluding hydrogens is 219 g/mol. The van der Waals surface area contributed by atoms with E-state index in [9.17, 15) is 18.0 Å². The van der Waals surface area contributed by atoms with E-state index in [1.54, 1.807) is 0 Å². The van der Waals surface area contributed by atoms with Crippen molar-refractivity contribution < 1.29 is 18.0 Å². The van der Waals surface area contributed by atoms with E-state index in [2.05, 4.69) is 5.32 Å². The summed E-state index contributed by atoms with van der Waals surface area (Å²) in [6.07, 6.45) is -4.15. The van der Waals surface area contributed by atoms with Crippen molar-refractivity contribution in [3.8, 4) is 0 Å². The zero-order valence-electron chi connectivity index (χ0n) is 8.56. The van der Waals surface area contributed by atoms with E-state index >= 15 is 0 Å². The number of nitrogens with one attached hydrogen (secondary N) is 1. The molecular formula is C11H10F3NO. The molecule has 0 fully saturated rings. The Kier molecular flexibility index (Phi) is 2.40. The number of carbonyl (C=O) groups excluding carboxylic acids is 1. The van der Waals surface area contributed by atoms with Crippen LogP contribution < -0.4 is 5.32 Å². The zero-order valence-corrected chi connectivity index (χ0v) is 8.56. The maximum atomic E-state index is 12.2. The molecule has 1 N–H and O–H groups in total. The SMILES string of the molecule is CC1Cc2cc(C(=O)C(F)(F)F)ccc2N1. The molecule has 2 nitrogen and oxygen atoms in total. The second kappa shape index (κ2) is 3.50. The number of carbonyl (C=O) groups is 1. The van der Waals surface area contributed by atoms with Crippen LogP contribution in [-0.4, -0.2) is 18.0 Å². The van der Waals surface area contributed by atoms with Crippen molar-refractivity contribution in [2.45, 2.75) is 25.6 Å². The highest BCUT2D eigenvalue weighted by Gasteiger charge is 2.39. The number of benzene rings is 1. The number of ketones is 1. The number of alkyl halides is 3. The predicted octanol–water partition coefficient (Wildman–Crippen LogP) is 2.79. The first kappa shape index (κ1) is 11.0. The topological polar surface area (TPSA) is 29.1 Å². The molecule has 16 heavy (non-hydrogen) atoms. The van der Waals surface area contributed by atoms with E-state index < -0.39 is 12.0 Å². The summed E-state index contributed by atoms with van der Waals surface area (Å²) in [6.45, 7) is 1.94. The highest BCUT2D eigenvalue weighted by molar-refractivity contribution is 6.00. The highest BCUT2D eigenvalue weighted by atomic mass is 19.4. The van der Waals surface area contributed by atoms with Gasteiger partial charge in [0.15, 0.2) is 0 Å². The van der Waals surface area contributed by atoms with Gasteiger partial charge in [0, 0.05) is 17.3 Å². The molecule has 1 heterocycles. The van der Waals surface area contributed by atoms with Gasteiger partial charge in [0.05, 0.1) is 0 Å². The van der Waals surface area contributed by atoms with E-state index in [1.165, 1.54) is 18.2 Å². The van der Waals surface area contributed by atoms with Crippen molar-refractivity contribution >= 4 is 11.5 Å². The number of hydrogen-bond donors (Lipinski definition) is 1. The van der Waals surface area contributed by atoms with Crippen molar-refractivity contribution in [1.29, 1.82) is 0 Å². The smallest absolute Gasteiger partial charge is 0.382 e. The number of rotatable bonds is 1. The largest absolute Gasteiger partial charge is 0.454 e. The molecule has 1 aromatic carbocycles. The van der Waals surface area contributed by atoms with Gasteiger partial charge in [0.1, 0.15) is 0 Å². The van der Waals surface area contributed by atoms with Crippen LogP contribution in [0.5, 0.6) is 0 Å². The Balaban J connectivity index is 2.33. The fourth-order valence-corrected chi connectivity index (χ4v) is 1.85. The molecule has 1 aliphatic rings. The highest BCUT2D eigenvalue weighted by Crippen LogP contribution is 2.29. The van der Waals surface area contributed by atoms with Gasteiger partial charge in [-0.05, 0) is 37.1 Å². The van der Waals surface area contributed by atoms with Gasteiger partial charge >= 0.3 is 6.18 Å². The molecule has 0 saturated heterocycles. The summed E-state index contributed by atoms with van der Waals surface area (Å²) in [6, 6.07) is 4.25. The summed E-state index contributed by atoms with van der Waals surface area (Å²) < 4.78 is 36.6. The lowest BCUT2D eigenvalue weighted by Crippen LogP contribution is -2.22. The summed E-state index contributed by atoms with van der Waals surface area (Å²) in [5, 5.41) is 3.11. The van der Waals surface area contributed by atoms with Gasteiger partial charge in [0.2, 0.25) is 0 Å². The number of fused-ring (bicyclic) bond motifs is 1. The first-order valence-corrected chi connectivity index (χ1v) is 4.89. The van der Waals surface area contributed by atoms with Crippen molar-refractivity contribution in [3.63, 3.8) is 0 Å². The average Bonchev–Trinajstić information content (AvgIpc) is 2.54. The van der Waals surface area contributed by atoms with Crippen molar-refractivity contribution in [2.75, 3.05) is 5.32 Å². The Labute approximate surface area is 90.5 Å². The molecule has 1 atom stereocenters. The zero-order chi connectivity index (χ0) is 11.9. The summed E-state index contributed by atoms with van der Waals surface area (Å²) in [4.78, 5) is 11.0. The molecule has 1 aromatic rings. The van der Waals surface area contributed by atoms with Gasteiger partial charge in [-0.15, -0.1) is 0 Å². The second-order valence-corrected chi connectivity index (χ2v) is 3.95. The van der Waals surface area contributed by atoms with E-state index in [4.69, 9.17) is 0 Å². The van der Waals surface area contributed by atoms with Crippen LogP contribution in [0.4, 0.5) is 18.9 Å². The van der Waals surface area contributed by atoms with E-state index in [1.807, 2.05) is 6.92 Å². The molecule has 86 valence electrons. The van der Waals surface area contributed by atoms with Gasteiger partial charge in [-0.25, -0.2) is 0 Å². The fraction of sp³-hybridized carbons (Fsp3) is 0.364. The lowest BCUT2D eigenvalue weighted by Gasteiger charge is -2.06. The molecule has 0 radical (unpaired) electrons. The van der Waals surface area contributed by atoms with Crippen molar-refractivity contribution in [1.82, 2.24) is 0 Å². The van der Waals surface area contributed by atoms with Crippen molar-refractivity contribution in [2.24, 2.45) is 0 Å². The van der Waals surface area contributed by atoms with Gasteiger partial charge in [0.25, 0.3) is 5.78 Å². The minimum atomic E-state index is -4.80. The quantitative estimate of drug-likeness (QED) is 0.750. The molecule has 0 spiro atoms. The maximum absolute atomic E-state index is 12.2. The van der Waals surface area contributed by atoms with Crippen LogP contribution in [0.15, 0.2) is 18.2 Å². The minimum Gasteiger partial charge on any atom is -0.382 e. The third-order valence-corrected chi connectivity index (χ3v) is 2.55. The van der Waals surface area contributed by atoms with E-state index in [0.717, 1.165) is 11.3 Å². The lowest BCUT2D eigenvalue weighted by atomic mass is 10.0. The molecule has 0 bridgehead atoms. The van der Waals surface area contributed by atoms with Crippen LogP contribution >= 0.6 is 0 Å². The molecule has 0 aliphatic carbocycles. The monoisotopic (exact) mass is 229 g/mol. The Morgan fingerprint density at radius 3 is 2.75 bits per heavy atom. The standard InChI is InChI=1S/C11H10F3NO/c1-6-4-8-5-7(2-3-9(8)15-6)10(16)11(12,13)14/h2-3,5-6,15H,4H2,1H3. The maximum Gasteiger partial charge on any atom is 0.454 e. The van der Waals surface area contributed by atoms with Gasteiger partial charge in [-0.1, -0.05) is 0 Å². The van der Waals surface area contributed by atoms with Crippen LogP contribution in [0.3, 0.4) is 0 Å². The fourth-order valence-electron chi connectivity index (χ4n) is 1.85. The molecule has 0 aromatic heterocycles. The molecule has 0 saturated carbocycles. The Morgan fingerprint density at radius 1 is 1.44 bits per heavy atom. The van der Waals surface area contributed by atoms with Gasteiger partial charge < -0.3 is 5.32 Å². The Morgan fingerprint density at radius 2 is 2.12 bits per heavy atom. The third-order valence-electron chi connectivity index (χ3n) is 2.55. The van der Waals surface area contributed by atoms with Crippen LogP contribution in [0.1, 0.15) is 22.8 Å². The van der Waals surface area contributed by atoms with E-state index in [0.29, 0.717) is 6.42 Å². The van der Waals surface area contributed by atoms with Gasteiger partial charge in [-0.2, -0.15) is 13.2 Å². The minimum absolute atomic E-state index is 0.200. The van der Waals surface area contributed by atoms with E-state index in [-0.39, 0.29) is 11.6 Å². The summed E-state index contributed by atoms with van der Waals surface area (Å²) >= 11 is 0. The van der Waals surface area contributed by atoms with Crippen molar-refractivity contribution in [3.05, 3.63) is 29.3 Å². The first-order valence-electron chi connectivity index (χ1n) is 4.89.